The van der Waals surface area contributed by atoms with Gasteiger partial charge >= 0.3 is 0 Å². The van der Waals surface area contributed by atoms with Gasteiger partial charge in [-0.3, -0.25) is 4.79 Å². The molecule has 2 heterocycles. The summed E-state index contributed by atoms with van der Waals surface area (Å²) in [6.45, 7) is 5.92. The maximum atomic E-state index is 12.5. The van der Waals surface area contributed by atoms with Crippen molar-refractivity contribution in [1.82, 2.24) is 14.8 Å². The molecule has 0 spiro atoms. The summed E-state index contributed by atoms with van der Waals surface area (Å²) < 4.78 is 1.82. The smallest absolute Gasteiger partial charge is 0.172 e. The molecule has 1 aliphatic carbocycles. The molecule has 0 N–H and O–H groups in total. The van der Waals surface area contributed by atoms with Gasteiger partial charge in [0.15, 0.2) is 11.6 Å². The van der Waals surface area contributed by atoms with Gasteiger partial charge in [0.1, 0.15) is 0 Å². The van der Waals surface area contributed by atoms with Crippen LogP contribution in [0.25, 0.3) is 5.82 Å². The lowest BCUT2D eigenvalue weighted by Crippen LogP contribution is -2.31. The van der Waals surface area contributed by atoms with Crippen molar-refractivity contribution in [2.45, 2.75) is 33.6 Å². The van der Waals surface area contributed by atoms with Crippen LogP contribution in [0.3, 0.4) is 0 Å². The summed E-state index contributed by atoms with van der Waals surface area (Å²) in [4.78, 5) is 16.9. The normalized spacial score (nSPS) is 17.3. The second-order valence-corrected chi connectivity index (χ2v) is 5.72. The molecule has 0 amide bonds. The van der Waals surface area contributed by atoms with Crippen LogP contribution in [0, 0.1) is 12.3 Å². The summed E-state index contributed by atoms with van der Waals surface area (Å²) in [6, 6.07) is 5.72. The molecule has 2 aromatic rings. The van der Waals surface area contributed by atoms with Crippen molar-refractivity contribution in [1.29, 1.82) is 0 Å². The highest BCUT2D eigenvalue weighted by Gasteiger charge is 2.38. The number of aromatic nitrogens is 3. The largest absolute Gasteiger partial charge is 0.293 e. The minimum atomic E-state index is -0.282. The fraction of sp³-hybridized carbons (Fsp3) is 0.400. The number of fused-ring (bicyclic) bond motifs is 1. The molecule has 1 aliphatic rings. The summed E-state index contributed by atoms with van der Waals surface area (Å²) in [5.41, 5.74) is 2.32. The highest BCUT2D eigenvalue weighted by molar-refractivity contribution is 6.03. The van der Waals surface area contributed by atoms with E-state index in [0.29, 0.717) is 0 Å². The van der Waals surface area contributed by atoms with E-state index in [1.807, 2.05) is 43.7 Å². The molecule has 0 radical (unpaired) electrons. The summed E-state index contributed by atoms with van der Waals surface area (Å²) in [7, 11) is 0. The Kier molecular flexibility index (Phi) is 2.55. The summed E-state index contributed by atoms with van der Waals surface area (Å²) in [6.07, 6.45) is 3.47. The molecule has 0 unspecified atom stereocenters. The van der Waals surface area contributed by atoms with Gasteiger partial charge in [0.25, 0.3) is 0 Å². The van der Waals surface area contributed by atoms with Crippen LogP contribution in [0.1, 0.15) is 42.0 Å². The van der Waals surface area contributed by atoms with Crippen molar-refractivity contribution >= 4 is 5.78 Å². The Morgan fingerprint density at radius 2 is 2.11 bits per heavy atom. The van der Waals surface area contributed by atoms with Crippen molar-refractivity contribution in [2.24, 2.45) is 5.41 Å². The lowest BCUT2D eigenvalue weighted by Gasteiger charge is -2.28. The van der Waals surface area contributed by atoms with Crippen LogP contribution in [0.4, 0.5) is 0 Å². The van der Waals surface area contributed by atoms with Crippen LogP contribution in [-0.2, 0) is 6.42 Å². The highest BCUT2D eigenvalue weighted by atomic mass is 16.1. The van der Waals surface area contributed by atoms with Gasteiger partial charge < -0.3 is 0 Å². The zero-order chi connectivity index (χ0) is 13.6. The zero-order valence-electron chi connectivity index (χ0n) is 11.5. The number of hydrogen-bond acceptors (Lipinski definition) is 3. The van der Waals surface area contributed by atoms with E-state index in [9.17, 15) is 4.79 Å². The number of hydrogen-bond donors (Lipinski definition) is 0. The highest BCUT2D eigenvalue weighted by Crippen LogP contribution is 2.36. The molecule has 0 saturated carbocycles. The quantitative estimate of drug-likeness (QED) is 0.787. The summed E-state index contributed by atoms with van der Waals surface area (Å²) in [5, 5.41) is 4.51. The zero-order valence-corrected chi connectivity index (χ0v) is 11.5. The van der Waals surface area contributed by atoms with E-state index < -0.39 is 0 Å². The van der Waals surface area contributed by atoms with E-state index in [1.165, 1.54) is 0 Å². The van der Waals surface area contributed by atoms with E-state index in [2.05, 4.69) is 10.1 Å². The number of nitrogens with zero attached hydrogens (tertiary/aromatic N) is 3. The lowest BCUT2D eigenvalue weighted by molar-refractivity contribution is 0.0809. The molecule has 0 saturated heterocycles. The van der Waals surface area contributed by atoms with Crippen LogP contribution in [-0.4, -0.2) is 20.5 Å². The predicted molar refractivity (Wildman–Crippen MR) is 72.5 cm³/mol. The molecule has 4 heteroatoms. The van der Waals surface area contributed by atoms with Crippen molar-refractivity contribution in [3.05, 3.63) is 41.3 Å². The van der Waals surface area contributed by atoms with Crippen molar-refractivity contribution in [2.75, 3.05) is 0 Å². The second kappa shape index (κ2) is 4.02. The standard InChI is InChI=1S/C15H17N3O/c1-10-13-11(7-8-15(2,3)14(13)19)18(17-10)12-6-4-5-9-16-12/h4-6,9H,7-8H2,1-3H3. The molecule has 0 atom stereocenters. The monoisotopic (exact) mass is 255 g/mol. The average Bonchev–Trinajstić information content (AvgIpc) is 2.73. The molecule has 0 aromatic carbocycles. The molecular weight excluding hydrogens is 238 g/mol. The SMILES string of the molecule is Cc1nn(-c2ccccn2)c2c1C(=O)C(C)(C)CC2. The van der Waals surface area contributed by atoms with Crippen LogP contribution in [0.15, 0.2) is 24.4 Å². The van der Waals surface area contributed by atoms with Crippen LogP contribution >= 0.6 is 0 Å². The molecular formula is C15H17N3O. The molecule has 19 heavy (non-hydrogen) atoms. The number of rotatable bonds is 1. The van der Waals surface area contributed by atoms with Gasteiger partial charge in [-0.25, -0.2) is 9.67 Å². The van der Waals surface area contributed by atoms with E-state index in [4.69, 9.17) is 0 Å². The fourth-order valence-electron chi connectivity index (χ4n) is 2.65. The molecule has 0 aliphatic heterocycles. The Bertz CT molecular complexity index is 641. The third kappa shape index (κ3) is 1.79. The molecule has 4 nitrogen and oxygen atoms in total. The third-order valence-electron chi connectivity index (χ3n) is 3.85. The molecule has 3 rings (SSSR count). The van der Waals surface area contributed by atoms with Gasteiger partial charge in [-0.15, -0.1) is 0 Å². The molecule has 0 bridgehead atoms. The Labute approximate surface area is 112 Å². The van der Waals surface area contributed by atoms with E-state index in [-0.39, 0.29) is 11.2 Å². The summed E-state index contributed by atoms with van der Waals surface area (Å²) in [5.74, 6) is 0.979. The van der Waals surface area contributed by atoms with Gasteiger partial charge in [-0.05, 0) is 31.9 Å². The Balaban J connectivity index is 2.18. The van der Waals surface area contributed by atoms with Crippen molar-refractivity contribution in [3.63, 3.8) is 0 Å². The topological polar surface area (TPSA) is 47.8 Å². The van der Waals surface area contributed by atoms with Crippen LogP contribution in [0.2, 0.25) is 0 Å². The summed E-state index contributed by atoms with van der Waals surface area (Å²) >= 11 is 0. The second-order valence-electron chi connectivity index (χ2n) is 5.72. The molecule has 0 fully saturated rings. The molecule has 2 aromatic heterocycles. The fourth-order valence-corrected chi connectivity index (χ4v) is 2.65. The van der Waals surface area contributed by atoms with Crippen molar-refractivity contribution in [3.8, 4) is 5.82 Å². The minimum absolute atomic E-state index is 0.202. The van der Waals surface area contributed by atoms with E-state index in [1.54, 1.807) is 6.20 Å². The third-order valence-corrected chi connectivity index (χ3v) is 3.85. The van der Waals surface area contributed by atoms with Crippen molar-refractivity contribution < 1.29 is 4.79 Å². The maximum absolute atomic E-state index is 12.5. The van der Waals surface area contributed by atoms with Gasteiger partial charge in [-0.2, -0.15) is 5.10 Å². The van der Waals surface area contributed by atoms with Gasteiger partial charge in [0.05, 0.1) is 17.0 Å². The van der Waals surface area contributed by atoms with Crippen LogP contribution in [0.5, 0.6) is 0 Å². The number of ketones is 1. The van der Waals surface area contributed by atoms with Crippen LogP contribution < -0.4 is 0 Å². The predicted octanol–water partition coefficient (Wildman–Crippen LogP) is 2.73. The Hall–Kier alpha value is -1.97. The molecule has 98 valence electrons. The van der Waals surface area contributed by atoms with Gasteiger partial charge in [-0.1, -0.05) is 19.9 Å². The Morgan fingerprint density at radius 3 is 2.79 bits per heavy atom. The number of pyridine rings is 1. The lowest BCUT2D eigenvalue weighted by atomic mass is 9.75. The Morgan fingerprint density at radius 1 is 1.32 bits per heavy atom. The van der Waals surface area contributed by atoms with E-state index >= 15 is 0 Å². The number of aryl methyl sites for hydroxylation is 1. The number of Topliss-reactive ketones (excluding diaryl/α,β-unsaturated/α-hetero) is 1. The first-order valence-corrected chi connectivity index (χ1v) is 6.55. The van der Waals surface area contributed by atoms with Gasteiger partial charge in [0, 0.05) is 11.6 Å². The average molecular weight is 255 g/mol. The first kappa shape index (κ1) is 12.1. The van der Waals surface area contributed by atoms with E-state index in [0.717, 1.165) is 35.6 Å². The minimum Gasteiger partial charge on any atom is -0.293 e. The first-order valence-electron chi connectivity index (χ1n) is 6.55. The maximum Gasteiger partial charge on any atom is 0.172 e. The number of carbonyl (C=O) groups excluding carboxylic acids is 1. The number of carbonyl (C=O) groups is 1. The van der Waals surface area contributed by atoms with Gasteiger partial charge in [0.2, 0.25) is 0 Å². The first-order chi connectivity index (χ1) is 9.00.